The number of fused-ring (bicyclic) bond motifs is 1. The number of piperazine rings is 1. The van der Waals surface area contributed by atoms with Crippen molar-refractivity contribution >= 4 is 34.0 Å². The number of benzene rings is 1. The van der Waals surface area contributed by atoms with Crippen LogP contribution in [0.5, 0.6) is 0 Å². The van der Waals surface area contributed by atoms with Crippen LogP contribution in [0.4, 0.5) is 10.8 Å². The zero-order chi connectivity index (χ0) is 21.3. The zero-order valence-electron chi connectivity index (χ0n) is 18.0. The van der Waals surface area contributed by atoms with E-state index in [2.05, 4.69) is 36.2 Å². The molecule has 0 spiro atoms. The van der Waals surface area contributed by atoms with E-state index in [9.17, 15) is 9.59 Å². The molecule has 0 unspecified atom stereocenters. The first-order valence-corrected chi connectivity index (χ1v) is 11.6. The van der Waals surface area contributed by atoms with Gasteiger partial charge in [-0.2, -0.15) is 0 Å². The lowest BCUT2D eigenvalue weighted by atomic mass is 9.90. The summed E-state index contributed by atoms with van der Waals surface area (Å²) in [6.07, 6.45) is 2.45. The molecule has 0 bridgehead atoms. The van der Waals surface area contributed by atoms with Gasteiger partial charge in [-0.3, -0.25) is 9.59 Å². The van der Waals surface area contributed by atoms with E-state index in [1.54, 1.807) is 18.3 Å². The molecule has 160 valence electrons. The molecule has 30 heavy (non-hydrogen) atoms. The average Bonchev–Trinajstić information content (AvgIpc) is 3.17. The molecule has 1 aliphatic heterocycles. The van der Waals surface area contributed by atoms with Crippen molar-refractivity contribution in [2.24, 2.45) is 5.92 Å². The number of aromatic nitrogens is 1. The van der Waals surface area contributed by atoms with E-state index in [1.165, 1.54) is 10.4 Å². The monoisotopic (exact) mass is 426 g/mol. The van der Waals surface area contributed by atoms with Gasteiger partial charge in [0.05, 0.1) is 5.69 Å². The van der Waals surface area contributed by atoms with Gasteiger partial charge in [0.1, 0.15) is 0 Å². The van der Waals surface area contributed by atoms with E-state index in [0.717, 1.165) is 62.0 Å². The fraction of sp³-hybridized carbons (Fsp3) is 0.522. The second-order valence-corrected chi connectivity index (χ2v) is 9.63. The highest BCUT2D eigenvalue weighted by Gasteiger charge is 2.29. The van der Waals surface area contributed by atoms with Crippen LogP contribution in [0.2, 0.25) is 0 Å². The number of rotatable bonds is 4. The van der Waals surface area contributed by atoms with Crippen molar-refractivity contribution in [3.05, 3.63) is 40.4 Å². The molecule has 1 N–H and O–H groups in total. The molecule has 1 aliphatic carbocycles. The number of carbonyl (C=O) groups excluding carboxylic acids is 2. The lowest BCUT2D eigenvalue weighted by Gasteiger charge is -2.33. The van der Waals surface area contributed by atoms with Gasteiger partial charge in [0.15, 0.2) is 5.13 Å². The highest BCUT2D eigenvalue weighted by Crippen LogP contribution is 2.35. The van der Waals surface area contributed by atoms with Gasteiger partial charge < -0.3 is 15.1 Å². The van der Waals surface area contributed by atoms with Crippen molar-refractivity contribution in [2.45, 2.75) is 46.0 Å². The average molecular weight is 427 g/mol. The van der Waals surface area contributed by atoms with E-state index < -0.39 is 0 Å². The minimum Gasteiger partial charge on any atom is -0.345 e. The third-order valence-corrected chi connectivity index (χ3v) is 7.32. The van der Waals surface area contributed by atoms with Crippen LogP contribution < -0.4 is 10.2 Å². The van der Waals surface area contributed by atoms with Crippen molar-refractivity contribution in [2.75, 3.05) is 36.4 Å². The third kappa shape index (κ3) is 4.51. The van der Waals surface area contributed by atoms with Crippen molar-refractivity contribution in [3.8, 4) is 0 Å². The third-order valence-electron chi connectivity index (χ3n) is 6.14. The Morgan fingerprint density at radius 2 is 1.83 bits per heavy atom. The van der Waals surface area contributed by atoms with E-state index in [4.69, 9.17) is 4.98 Å². The van der Waals surface area contributed by atoms with Crippen LogP contribution >= 0.6 is 11.3 Å². The van der Waals surface area contributed by atoms with Gasteiger partial charge in [0.2, 0.25) is 11.8 Å². The molecule has 1 saturated heterocycles. The van der Waals surface area contributed by atoms with E-state index in [1.807, 2.05) is 17.0 Å². The van der Waals surface area contributed by atoms with Gasteiger partial charge in [0, 0.05) is 49.6 Å². The van der Waals surface area contributed by atoms with Crippen molar-refractivity contribution < 1.29 is 9.59 Å². The standard InChI is InChI=1S/C23H30N4O2S/c1-15(2)17-4-7-19(8-5-17)24-22(29)18-6-9-20-21(14-18)30-23(25-20)27-12-10-26(11-13-27)16(3)28/h4-5,7-8,15,18H,6,9-14H2,1-3H3,(H,24,29)/t18-/m1/s1. The van der Waals surface area contributed by atoms with Gasteiger partial charge in [-0.05, 0) is 42.9 Å². The number of nitrogens with zero attached hydrogens (tertiary/aromatic N) is 3. The van der Waals surface area contributed by atoms with Crippen LogP contribution in [0.15, 0.2) is 24.3 Å². The van der Waals surface area contributed by atoms with Crippen molar-refractivity contribution in [1.82, 2.24) is 9.88 Å². The molecule has 6 nitrogen and oxygen atoms in total. The number of thiazole rings is 1. The smallest absolute Gasteiger partial charge is 0.227 e. The van der Waals surface area contributed by atoms with E-state index >= 15 is 0 Å². The topological polar surface area (TPSA) is 65.5 Å². The molecule has 1 atom stereocenters. The predicted octanol–water partition coefficient (Wildman–Crippen LogP) is 3.68. The summed E-state index contributed by atoms with van der Waals surface area (Å²) in [4.78, 5) is 34.6. The van der Waals surface area contributed by atoms with Crippen molar-refractivity contribution in [3.63, 3.8) is 0 Å². The van der Waals surface area contributed by atoms with Crippen LogP contribution in [0.3, 0.4) is 0 Å². The number of hydrogen-bond donors (Lipinski definition) is 1. The van der Waals surface area contributed by atoms with Crippen LogP contribution in [-0.2, 0) is 22.4 Å². The first-order valence-electron chi connectivity index (χ1n) is 10.8. The number of carbonyl (C=O) groups is 2. The van der Waals surface area contributed by atoms with Gasteiger partial charge in [-0.1, -0.05) is 26.0 Å². The maximum Gasteiger partial charge on any atom is 0.227 e. The molecule has 0 radical (unpaired) electrons. The van der Waals surface area contributed by atoms with Gasteiger partial charge in [0.25, 0.3) is 0 Å². The van der Waals surface area contributed by atoms with Crippen LogP contribution in [0.25, 0.3) is 0 Å². The van der Waals surface area contributed by atoms with Crippen LogP contribution in [0.1, 0.15) is 49.2 Å². The van der Waals surface area contributed by atoms with E-state index in [-0.39, 0.29) is 17.7 Å². The molecule has 1 fully saturated rings. The van der Waals surface area contributed by atoms with E-state index in [0.29, 0.717) is 5.92 Å². The first kappa shape index (κ1) is 20.8. The Hall–Kier alpha value is -2.41. The van der Waals surface area contributed by atoms with Crippen molar-refractivity contribution in [1.29, 1.82) is 0 Å². The number of aryl methyl sites for hydroxylation is 1. The Kier molecular flexibility index (Phi) is 6.09. The summed E-state index contributed by atoms with van der Waals surface area (Å²) < 4.78 is 0. The number of nitrogens with one attached hydrogen (secondary N) is 1. The number of hydrogen-bond acceptors (Lipinski definition) is 5. The summed E-state index contributed by atoms with van der Waals surface area (Å²) in [7, 11) is 0. The maximum atomic E-state index is 12.8. The van der Waals surface area contributed by atoms with Gasteiger partial charge in [-0.25, -0.2) is 4.98 Å². The Morgan fingerprint density at radius 3 is 2.47 bits per heavy atom. The zero-order valence-corrected chi connectivity index (χ0v) is 18.8. The van der Waals surface area contributed by atoms with Crippen LogP contribution in [0, 0.1) is 5.92 Å². The number of amides is 2. The molecule has 4 rings (SSSR count). The highest BCUT2D eigenvalue weighted by molar-refractivity contribution is 7.15. The predicted molar refractivity (Wildman–Crippen MR) is 121 cm³/mol. The van der Waals surface area contributed by atoms with Crippen LogP contribution in [-0.4, -0.2) is 47.9 Å². The molecule has 2 aliphatic rings. The Morgan fingerprint density at radius 1 is 1.13 bits per heavy atom. The minimum absolute atomic E-state index is 0.00913. The number of anilines is 2. The van der Waals surface area contributed by atoms with Gasteiger partial charge >= 0.3 is 0 Å². The molecular formula is C23H30N4O2S. The fourth-order valence-corrected chi connectivity index (χ4v) is 5.37. The Labute approximate surface area is 182 Å². The summed E-state index contributed by atoms with van der Waals surface area (Å²) in [6.45, 7) is 9.10. The summed E-state index contributed by atoms with van der Waals surface area (Å²) in [5.74, 6) is 0.714. The first-order chi connectivity index (χ1) is 14.4. The largest absolute Gasteiger partial charge is 0.345 e. The lowest BCUT2D eigenvalue weighted by Crippen LogP contribution is -2.48. The molecule has 2 aromatic rings. The second-order valence-electron chi connectivity index (χ2n) is 8.57. The summed E-state index contributed by atoms with van der Waals surface area (Å²) in [6, 6.07) is 8.15. The fourth-order valence-electron chi connectivity index (χ4n) is 4.13. The quantitative estimate of drug-likeness (QED) is 0.810. The summed E-state index contributed by atoms with van der Waals surface area (Å²) >= 11 is 1.72. The molecule has 7 heteroatoms. The second kappa shape index (κ2) is 8.76. The molecular weight excluding hydrogens is 396 g/mol. The molecule has 2 heterocycles. The normalized spacial score (nSPS) is 19.0. The SMILES string of the molecule is CC(=O)N1CCN(c2nc3c(s2)C[C@H](C(=O)Nc2ccc(C(C)C)cc2)CC3)CC1. The minimum atomic E-state index is -0.00913. The lowest BCUT2D eigenvalue weighted by molar-refractivity contribution is -0.129. The summed E-state index contributed by atoms with van der Waals surface area (Å²) in [5.41, 5.74) is 3.29. The molecule has 0 saturated carbocycles. The molecule has 1 aromatic heterocycles. The Bertz CT molecular complexity index is 914. The molecule has 2 amide bonds. The summed E-state index contributed by atoms with van der Waals surface area (Å²) in [5, 5.41) is 4.13. The Balaban J connectivity index is 1.36. The molecule has 1 aromatic carbocycles. The van der Waals surface area contributed by atoms with Gasteiger partial charge in [-0.15, -0.1) is 11.3 Å². The maximum absolute atomic E-state index is 12.8. The highest BCUT2D eigenvalue weighted by atomic mass is 32.1.